The maximum absolute atomic E-state index is 10.1. The molecule has 1 aromatic carbocycles. The molecule has 23 heavy (non-hydrogen) atoms. The molecule has 0 spiro atoms. The van der Waals surface area contributed by atoms with E-state index in [1.807, 2.05) is 30.5 Å². The van der Waals surface area contributed by atoms with Crippen molar-refractivity contribution in [2.45, 2.75) is 25.9 Å². The number of aliphatic hydroxyl groups is 1. The molecule has 3 heterocycles. The molecule has 0 bridgehead atoms. The number of aromatic nitrogens is 2. The molecule has 4 rings (SSSR count). The summed E-state index contributed by atoms with van der Waals surface area (Å²) in [6, 6.07) is 10.2. The van der Waals surface area contributed by atoms with Crippen LogP contribution < -0.4 is 4.90 Å². The Hall–Kier alpha value is -2.33. The molecule has 0 amide bonds. The van der Waals surface area contributed by atoms with Crippen molar-refractivity contribution < 1.29 is 5.11 Å². The van der Waals surface area contributed by atoms with Crippen molar-refractivity contribution in [3.05, 3.63) is 47.7 Å². The van der Waals surface area contributed by atoms with Crippen LogP contribution in [0.4, 0.5) is 5.69 Å². The standard InChI is InChI=1S/C19H21N3O/c1-19(2,23)14-6-4-12(5-7-14)16-10-15-17-13(8-9-22(17)3)11-20-18(15)21-16/h4-7,10-11,23H,8-9H2,1-3H3,(H,20,21). The Labute approximate surface area is 135 Å². The molecular formula is C19H21N3O. The first kappa shape index (κ1) is 14.3. The number of hydrogen-bond acceptors (Lipinski definition) is 3. The van der Waals surface area contributed by atoms with Gasteiger partial charge in [0, 0.05) is 30.9 Å². The molecule has 1 aliphatic rings. The molecule has 0 aliphatic carbocycles. The molecule has 2 aromatic heterocycles. The highest BCUT2D eigenvalue weighted by atomic mass is 16.3. The molecule has 0 saturated carbocycles. The number of fused-ring (bicyclic) bond motifs is 3. The van der Waals surface area contributed by atoms with Crippen LogP contribution in [0.15, 0.2) is 36.5 Å². The summed E-state index contributed by atoms with van der Waals surface area (Å²) in [5, 5.41) is 11.3. The lowest BCUT2D eigenvalue weighted by molar-refractivity contribution is 0.0786. The summed E-state index contributed by atoms with van der Waals surface area (Å²) in [5.41, 5.74) is 5.81. The fourth-order valence-electron chi connectivity index (χ4n) is 3.35. The number of rotatable bonds is 2. The lowest BCUT2D eigenvalue weighted by Gasteiger charge is -2.17. The minimum atomic E-state index is -0.815. The average molecular weight is 307 g/mol. The topological polar surface area (TPSA) is 52.2 Å². The smallest absolute Gasteiger partial charge is 0.139 e. The van der Waals surface area contributed by atoms with Crippen LogP contribution in [0.2, 0.25) is 0 Å². The first-order valence-electron chi connectivity index (χ1n) is 7.98. The number of nitrogens with one attached hydrogen (secondary N) is 1. The van der Waals surface area contributed by atoms with Crippen LogP contribution in [0.1, 0.15) is 25.0 Å². The zero-order valence-electron chi connectivity index (χ0n) is 13.7. The van der Waals surface area contributed by atoms with E-state index >= 15 is 0 Å². The van der Waals surface area contributed by atoms with Crippen LogP contribution in [-0.4, -0.2) is 28.7 Å². The number of nitrogens with zero attached hydrogens (tertiary/aromatic N) is 2. The predicted molar refractivity (Wildman–Crippen MR) is 93.7 cm³/mol. The van der Waals surface area contributed by atoms with Crippen molar-refractivity contribution in [3.63, 3.8) is 0 Å². The molecule has 4 heteroatoms. The van der Waals surface area contributed by atoms with Crippen LogP contribution in [0.3, 0.4) is 0 Å². The number of anilines is 1. The number of aromatic amines is 1. The predicted octanol–water partition coefficient (Wildman–Crippen LogP) is 3.45. The van der Waals surface area contributed by atoms with Gasteiger partial charge in [0.25, 0.3) is 0 Å². The second-order valence-corrected chi connectivity index (χ2v) is 6.89. The van der Waals surface area contributed by atoms with E-state index in [0.717, 1.165) is 35.4 Å². The van der Waals surface area contributed by atoms with Crippen molar-refractivity contribution in [2.75, 3.05) is 18.5 Å². The minimum absolute atomic E-state index is 0.815. The minimum Gasteiger partial charge on any atom is -0.386 e. The van der Waals surface area contributed by atoms with Crippen LogP contribution in [0, 0.1) is 0 Å². The Bertz CT molecular complexity index is 872. The van der Waals surface area contributed by atoms with Gasteiger partial charge >= 0.3 is 0 Å². The monoisotopic (exact) mass is 307 g/mol. The number of likely N-dealkylation sites (N-methyl/N-ethyl adjacent to an activating group) is 1. The van der Waals surface area contributed by atoms with Gasteiger partial charge in [-0.2, -0.15) is 0 Å². The summed E-state index contributed by atoms with van der Waals surface area (Å²) < 4.78 is 0. The Morgan fingerprint density at radius 3 is 2.65 bits per heavy atom. The van der Waals surface area contributed by atoms with Crippen LogP contribution in [-0.2, 0) is 12.0 Å². The van der Waals surface area contributed by atoms with Crippen molar-refractivity contribution in [3.8, 4) is 11.3 Å². The lowest BCUT2D eigenvalue weighted by Crippen LogP contribution is -2.14. The van der Waals surface area contributed by atoms with E-state index in [1.165, 1.54) is 16.6 Å². The van der Waals surface area contributed by atoms with Crippen molar-refractivity contribution >= 4 is 16.7 Å². The Balaban J connectivity index is 1.80. The SMILES string of the molecule is CN1CCc2cnc3[nH]c(-c4ccc(C(C)(C)O)cc4)cc3c21. The summed E-state index contributed by atoms with van der Waals surface area (Å²) in [5.74, 6) is 0. The molecule has 2 N–H and O–H groups in total. The van der Waals surface area contributed by atoms with Crippen molar-refractivity contribution in [1.29, 1.82) is 0 Å². The number of pyridine rings is 1. The van der Waals surface area contributed by atoms with Gasteiger partial charge in [0.2, 0.25) is 0 Å². The molecule has 3 aromatic rings. The van der Waals surface area contributed by atoms with E-state index in [2.05, 4.69) is 28.0 Å². The van der Waals surface area contributed by atoms with E-state index < -0.39 is 5.60 Å². The highest BCUT2D eigenvalue weighted by Crippen LogP contribution is 2.36. The highest BCUT2D eigenvalue weighted by Gasteiger charge is 2.21. The van der Waals surface area contributed by atoms with Crippen LogP contribution in [0.25, 0.3) is 22.3 Å². The largest absolute Gasteiger partial charge is 0.386 e. The Morgan fingerprint density at radius 2 is 1.96 bits per heavy atom. The van der Waals surface area contributed by atoms with Crippen molar-refractivity contribution in [2.24, 2.45) is 0 Å². The molecule has 4 nitrogen and oxygen atoms in total. The molecular weight excluding hydrogens is 286 g/mol. The molecule has 0 radical (unpaired) electrons. The first-order valence-corrected chi connectivity index (χ1v) is 7.98. The maximum atomic E-state index is 10.1. The fraction of sp³-hybridized carbons (Fsp3) is 0.316. The second-order valence-electron chi connectivity index (χ2n) is 6.89. The van der Waals surface area contributed by atoms with Gasteiger partial charge < -0.3 is 15.0 Å². The van der Waals surface area contributed by atoms with E-state index in [4.69, 9.17) is 0 Å². The Kier molecular flexibility index (Phi) is 3.00. The molecule has 0 unspecified atom stereocenters. The quantitative estimate of drug-likeness (QED) is 0.762. The second kappa shape index (κ2) is 4.83. The van der Waals surface area contributed by atoms with E-state index in [1.54, 1.807) is 13.8 Å². The molecule has 0 saturated heterocycles. The van der Waals surface area contributed by atoms with E-state index in [-0.39, 0.29) is 0 Å². The molecule has 118 valence electrons. The summed E-state index contributed by atoms with van der Waals surface area (Å²) in [6.45, 7) is 4.65. The van der Waals surface area contributed by atoms with Gasteiger partial charge in [-0.05, 0) is 43.0 Å². The number of H-pyrrole nitrogens is 1. The van der Waals surface area contributed by atoms with Gasteiger partial charge in [0.15, 0.2) is 0 Å². The van der Waals surface area contributed by atoms with Gasteiger partial charge in [-0.3, -0.25) is 0 Å². The van der Waals surface area contributed by atoms with E-state index in [9.17, 15) is 5.11 Å². The molecule has 1 aliphatic heterocycles. The zero-order valence-corrected chi connectivity index (χ0v) is 13.7. The molecule has 0 atom stereocenters. The van der Waals surface area contributed by atoms with Crippen molar-refractivity contribution in [1.82, 2.24) is 9.97 Å². The average Bonchev–Trinajstić information content (AvgIpc) is 3.10. The van der Waals surface area contributed by atoms with Gasteiger partial charge in [-0.25, -0.2) is 4.98 Å². The van der Waals surface area contributed by atoms with Gasteiger partial charge in [-0.15, -0.1) is 0 Å². The van der Waals surface area contributed by atoms with Crippen LogP contribution >= 0.6 is 0 Å². The van der Waals surface area contributed by atoms with Gasteiger partial charge in [0.1, 0.15) is 5.65 Å². The zero-order chi connectivity index (χ0) is 16.2. The third-order valence-electron chi connectivity index (χ3n) is 4.71. The molecule has 0 fully saturated rings. The lowest BCUT2D eigenvalue weighted by atomic mass is 9.97. The third-order valence-corrected chi connectivity index (χ3v) is 4.71. The summed E-state index contributed by atoms with van der Waals surface area (Å²) in [6.07, 6.45) is 3.05. The van der Waals surface area contributed by atoms with Crippen LogP contribution in [0.5, 0.6) is 0 Å². The number of benzene rings is 1. The van der Waals surface area contributed by atoms with E-state index in [0.29, 0.717) is 0 Å². The third kappa shape index (κ3) is 2.30. The maximum Gasteiger partial charge on any atom is 0.139 e. The normalized spacial score (nSPS) is 14.5. The fourth-order valence-corrected chi connectivity index (χ4v) is 3.35. The summed E-state index contributed by atoms with van der Waals surface area (Å²) >= 11 is 0. The summed E-state index contributed by atoms with van der Waals surface area (Å²) in [4.78, 5) is 10.3. The van der Waals surface area contributed by atoms with Gasteiger partial charge in [0.05, 0.1) is 11.3 Å². The first-order chi connectivity index (χ1) is 10.9. The number of hydrogen-bond donors (Lipinski definition) is 2. The summed E-state index contributed by atoms with van der Waals surface area (Å²) in [7, 11) is 2.13. The Morgan fingerprint density at radius 1 is 1.22 bits per heavy atom. The highest BCUT2D eigenvalue weighted by molar-refractivity contribution is 5.96. The van der Waals surface area contributed by atoms with Gasteiger partial charge in [-0.1, -0.05) is 24.3 Å².